The van der Waals surface area contributed by atoms with Gasteiger partial charge in [-0.1, -0.05) is 17.7 Å². The Morgan fingerprint density at radius 2 is 1.91 bits per heavy atom. The first-order valence-electron chi connectivity index (χ1n) is 10.1. The molecule has 1 amide bonds. The number of halogens is 1. The predicted molar refractivity (Wildman–Crippen MR) is 131 cm³/mol. The molecule has 2 heterocycles. The van der Waals surface area contributed by atoms with Crippen LogP contribution in [0.2, 0.25) is 4.34 Å². The van der Waals surface area contributed by atoms with Crippen molar-refractivity contribution in [1.29, 1.82) is 0 Å². The molecule has 0 radical (unpaired) electrons. The van der Waals surface area contributed by atoms with Crippen LogP contribution >= 0.6 is 22.9 Å². The lowest BCUT2D eigenvalue weighted by molar-refractivity contribution is 0.0526. The molecule has 0 aliphatic rings. The van der Waals surface area contributed by atoms with E-state index in [2.05, 4.69) is 10.3 Å². The summed E-state index contributed by atoms with van der Waals surface area (Å²) in [5.41, 5.74) is 0.825. The molecule has 0 saturated heterocycles. The van der Waals surface area contributed by atoms with Gasteiger partial charge in [-0.05, 0) is 44.2 Å². The molecule has 0 fully saturated rings. The number of pyridine rings is 1. The number of nitrogens with one attached hydrogen (secondary N) is 1. The normalized spacial score (nSPS) is 11.1. The molecular weight excluding hydrogens is 502 g/mol. The first-order chi connectivity index (χ1) is 16.2. The monoisotopic (exact) mass is 523 g/mol. The molecule has 0 aliphatic heterocycles. The van der Waals surface area contributed by atoms with Crippen molar-refractivity contribution in [3.05, 3.63) is 63.4 Å². The van der Waals surface area contributed by atoms with Crippen LogP contribution in [0.1, 0.15) is 33.9 Å². The van der Waals surface area contributed by atoms with E-state index in [0.29, 0.717) is 18.2 Å². The highest BCUT2D eigenvalue weighted by molar-refractivity contribution is 7.93. The zero-order valence-electron chi connectivity index (χ0n) is 18.6. The van der Waals surface area contributed by atoms with E-state index in [0.717, 1.165) is 15.6 Å². The third-order valence-corrected chi connectivity index (χ3v) is 7.72. The van der Waals surface area contributed by atoms with Gasteiger partial charge in [0.2, 0.25) is 5.88 Å². The molecule has 34 heavy (non-hydrogen) atoms. The van der Waals surface area contributed by atoms with Crippen LogP contribution in [0.5, 0.6) is 5.88 Å². The summed E-state index contributed by atoms with van der Waals surface area (Å²) in [4.78, 5) is 28.7. The van der Waals surface area contributed by atoms with Gasteiger partial charge in [0.15, 0.2) is 0 Å². The lowest BCUT2D eigenvalue weighted by atomic mass is 10.2. The Morgan fingerprint density at radius 1 is 1.15 bits per heavy atom. The molecule has 3 rings (SSSR count). The Hall–Kier alpha value is -3.15. The van der Waals surface area contributed by atoms with Crippen LogP contribution in [0.15, 0.2) is 53.6 Å². The fourth-order valence-electron chi connectivity index (χ4n) is 2.90. The summed E-state index contributed by atoms with van der Waals surface area (Å²) in [5, 5.41) is 2.61. The second kappa shape index (κ2) is 10.9. The summed E-state index contributed by atoms with van der Waals surface area (Å²) >= 11 is 6.92. The van der Waals surface area contributed by atoms with Gasteiger partial charge in [-0.15, -0.1) is 11.3 Å². The number of hydrogen-bond acceptors (Lipinski definition) is 8. The van der Waals surface area contributed by atoms with Gasteiger partial charge in [0.25, 0.3) is 15.9 Å². The van der Waals surface area contributed by atoms with Crippen molar-refractivity contribution in [2.45, 2.75) is 18.7 Å². The number of thiophene rings is 1. The number of ether oxygens (including phenoxy) is 2. The zero-order valence-corrected chi connectivity index (χ0v) is 21.0. The van der Waals surface area contributed by atoms with Crippen molar-refractivity contribution >= 4 is 56.2 Å². The summed E-state index contributed by atoms with van der Waals surface area (Å²) in [6.07, 6.45) is 1.36. The third-order valence-electron chi connectivity index (χ3n) is 4.52. The highest BCUT2D eigenvalue weighted by atomic mass is 35.5. The van der Waals surface area contributed by atoms with Gasteiger partial charge in [-0.3, -0.25) is 9.10 Å². The zero-order chi connectivity index (χ0) is 24.9. The molecule has 0 aliphatic carbocycles. The number of benzene rings is 1. The maximum absolute atomic E-state index is 13.3. The van der Waals surface area contributed by atoms with E-state index >= 15 is 0 Å². The van der Waals surface area contributed by atoms with Gasteiger partial charge in [-0.2, -0.15) is 0 Å². The second-order valence-corrected chi connectivity index (χ2v) is 10.4. The molecule has 2 aromatic heterocycles. The van der Waals surface area contributed by atoms with E-state index < -0.39 is 21.9 Å². The standard InChI is InChI=1S/C22H22ClN3O6S2/c1-4-31-19-10-9-16(13-24-19)26(3)34(29,30)17-12-18(23)33-20(17)21(27)25-15-8-6-7-14(11-15)22(28)32-5-2/h6-13H,4-5H2,1-3H3,(H,25,27). The van der Waals surface area contributed by atoms with Crippen LogP contribution in [0.3, 0.4) is 0 Å². The van der Waals surface area contributed by atoms with Gasteiger partial charge in [0.1, 0.15) is 9.77 Å². The number of amides is 1. The van der Waals surface area contributed by atoms with Gasteiger partial charge in [-0.25, -0.2) is 18.2 Å². The lowest BCUT2D eigenvalue weighted by Crippen LogP contribution is -2.28. The minimum absolute atomic E-state index is 0.0997. The number of carbonyl (C=O) groups excluding carboxylic acids is 2. The van der Waals surface area contributed by atoms with E-state index in [9.17, 15) is 18.0 Å². The first kappa shape index (κ1) is 25.5. The molecule has 1 aromatic carbocycles. The molecule has 9 nitrogen and oxygen atoms in total. The van der Waals surface area contributed by atoms with Crippen molar-refractivity contribution in [3.8, 4) is 5.88 Å². The number of sulfonamides is 1. The Morgan fingerprint density at radius 3 is 2.56 bits per heavy atom. The molecule has 180 valence electrons. The molecular formula is C22H22ClN3O6S2. The summed E-state index contributed by atoms with van der Waals surface area (Å²) in [6, 6.07) is 10.5. The molecule has 0 saturated carbocycles. The van der Waals surface area contributed by atoms with Crippen LogP contribution in [-0.2, 0) is 14.8 Å². The average Bonchev–Trinajstić information content (AvgIpc) is 3.22. The molecule has 1 N–H and O–H groups in total. The van der Waals surface area contributed by atoms with Gasteiger partial charge in [0, 0.05) is 18.8 Å². The van der Waals surface area contributed by atoms with Crippen LogP contribution in [0.4, 0.5) is 11.4 Å². The third kappa shape index (κ3) is 5.66. The predicted octanol–water partition coefficient (Wildman–Crippen LogP) is 4.45. The Bertz CT molecular complexity index is 1290. The topological polar surface area (TPSA) is 115 Å². The van der Waals surface area contributed by atoms with Gasteiger partial charge < -0.3 is 14.8 Å². The van der Waals surface area contributed by atoms with E-state index in [4.69, 9.17) is 21.1 Å². The van der Waals surface area contributed by atoms with E-state index in [1.54, 1.807) is 37.3 Å². The quantitative estimate of drug-likeness (QED) is 0.412. The molecule has 12 heteroatoms. The van der Waals surface area contributed by atoms with Crippen molar-refractivity contribution in [2.75, 3.05) is 29.9 Å². The summed E-state index contributed by atoms with van der Waals surface area (Å²) in [6.45, 7) is 4.13. The average molecular weight is 524 g/mol. The van der Waals surface area contributed by atoms with Crippen LogP contribution in [0, 0.1) is 0 Å². The summed E-state index contributed by atoms with van der Waals surface area (Å²) in [5.74, 6) is -0.859. The molecule has 0 spiro atoms. The van der Waals surface area contributed by atoms with Crippen molar-refractivity contribution < 1.29 is 27.5 Å². The molecule has 0 bridgehead atoms. The maximum Gasteiger partial charge on any atom is 0.338 e. The number of esters is 1. The van der Waals surface area contributed by atoms with Gasteiger partial charge >= 0.3 is 5.97 Å². The largest absolute Gasteiger partial charge is 0.478 e. The Balaban J connectivity index is 1.88. The highest BCUT2D eigenvalue weighted by Crippen LogP contribution is 2.34. The SMILES string of the molecule is CCOC(=O)c1cccc(NC(=O)c2sc(Cl)cc2S(=O)(=O)N(C)c2ccc(OCC)nc2)c1. The number of aromatic nitrogens is 1. The minimum Gasteiger partial charge on any atom is -0.478 e. The van der Waals surface area contributed by atoms with Crippen LogP contribution in [-0.4, -0.2) is 45.5 Å². The van der Waals surface area contributed by atoms with E-state index in [-0.39, 0.29) is 32.0 Å². The van der Waals surface area contributed by atoms with Crippen molar-refractivity contribution in [2.24, 2.45) is 0 Å². The van der Waals surface area contributed by atoms with Crippen LogP contribution in [0.25, 0.3) is 0 Å². The lowest BCUT2D eigenvalue weighted by Gasteiger charge is -2.19. The molecule has 3 aromatic rings. The fourth-order valence-corrected chi connectivity index (χ4v) is 5.77. The van der Waals surface area contributed by atoms with Crippen molar-refractivity contribution in [3.63, 3.8) is 0 Å². The fraction of sp³-hybridized carbons (Fsp3) is 0.227. The number of anilines is 2. The number of rotatable bonds is 9. The summed E-state index contributed by atoms with van der Waals surface area (Å²) in [7, 11) is -2.80. The number of hydrogen-bond donors (Lipinski definition) is 1. The minimum atomic E-state index is -4.15. The Kier molecular flexibility index (Phi) is 8.13. The second-order valence-electron chi connectivity index (χ2n) is 6.76. The molecule has 0 atom stereocenters. The number of nitrogens with zero attached hydrogens (tertiary/aromatic N) is 2. The van der Waals surface area contributed by atoms with Gasteiger partial charge in [0.05, 0.1) is 35.0 Å². The molecule has 0 unspecified atom stereocenters. The first-order valence-corrected chi connectivity index (χ1v) is 12.8. The van der Waals surface area contributed by atoms with Crippen molar-refractivity contribution in [1.82, 2.24) is 4.98 Å². The Labute approximate surface area is 206 Å². The smallest absolute Gasteiger partial charge is 0.338 e. The van der Waals surface area contributed by atoms with E-state index in [1.165, 1.54) is 25.4 Å². The maximum atomic E-state index is 13.3. The highest BCUT2D eigenvalue weighted by Gasteiger charge is 2.30. The van der Waals surface area contributed by atoms with Crippen LogP contribution < -0.4 is 14.4 Å². The number of carbonyl (C=O) groups is 2. The summed E-state index contributed by atoms with van der Waals surface area (Å²) < 4.78 is 38.0. The van der Waals surface area contributed by atoms with E-state index in [1.807, 2.05) is 6.92 Å².